The number of benzene rings is 3. The highest BCUT2D eigenvalue weighted by molar-refractivity contribution is 5.63. The molecule has 3 aromatic carbocycles. The van der Waals surface area contributed by atoms with Gasteiger partial charge in [0, 0.05) is 24.7 Å². The van der Waals surface area contributed by atoms with E-state index in [9.17, 15) is 5.26 Å². The Kier molecular flexibility index (Phi) is 6.03. The van der Waals surface area contributed by atoms with Gasteiger partial charge < -0.3 is 10.5 Å². The summed E-state index contributed by atoms with van der Waals surface area (Å²) in [6, 6.07) is 33.4. The van der Waals surface area contributed by atoms with Gasteiger partial charge in [-0.1, -0.05) is 91.0 Å². The van der Waals surface area contributed by atoms with Crippen LogP contribution in [0.1, 0.15) is 35.6 Å². The number of hydrogen-bond acceptors (Lipinski definition) is 4. The summed E-state index contributed by atoms with van der Waals surface area (Å²) in [4.78, 5) is 2.44. The first-order valence-electron chi connectivity index (χ1n) is 11.6. The molecule has 0 fully saturated rings. The predicted octanol–water partition coefficient (Wildman–Crippen LogP) is 5.91. The van der Waals surface area contributed by atoms with E-state index in [2.05, 4.69) is 72.5 Å². The fourth-order valence-electron chi connectivity index (χ4n) is 4.89. The van der Waals surface area contributed by atoms with Gasteiger partial charge in [-0.15, -0.1) is 0 Å². The molecule has 5 rings (SSSR count). The van der Waals surface area contributed by atoms with E-state index in [0.29, 0.717) is 12.1 Å². The average Bonchev–Trinajstić information content (AvgIpc) is 2.89. The second kappa shape index (κ2) is 9.43. The summed E-state index contributed by atoms with van der Waals surface area (Å²) in [5, 5.41) is 10.0. The van der Waals surface area contributed by atoms with Crippen LogP contribution in [0.5, 0.6) is 0 Å². The highest BCUT2D eigenvalue weighted by atomic mass is 16.5. The van der Waals surface area contributed by atoms with Crippen LogP contribution in [-0.2, 0) is 4.74 Å². The highest BCUT2D eigenvalue weighted by Gasteiger charge is 2.38. The van der Waals surface area contributed by atoms with Gasteiger partial charge in [0.05, 0.1) is 5.92 Å². The van der Waals surface area contributed by atoms with Crippen LogP contribution in [0, 0.1) is 11.3 Å². The van der Waals surface area contributed by atoms with Gasteiger partial charge in [-0.3, -0.25) is 4.90 Å². The number of nitrogens with zero attached hydrogens (tertiary/aromatic N) is 2. The van der Waals surface area contributed by atoms with E-state index in [1.165, 1.54) is 5.56 Å². The summed E-state index contributed by atoms with van der Waals surface area (Å²) in [7, 11) is 0. The Labute approximate surface area is 200 Å². The summed E-state index contributed by atoms with van der Waals surface area (Å²) in [5.74, 6) is 0.754. The number of rotatable bonds is 4. The first kappa shape index (κ1) is 21.8. The minimum atomic E-state index is -0.236. The molecule has 3 aromatic rings. The van der Waals surface area contributed by atoms with Gasteiger partial charge in [-0.05, 0) is 35.3 Å². The lowest BCUT2D eigenvalue weighted by atomic mass is 9.80. The Bertz CT molecular complexity index is 1300. The number of nitrogens with two attached hydrogens (primary N) is 1. The third-order valence-corrected chi connectivity index (χ3v) is 6.67. The minimum absolute atomic E-state index is 0.193. The van der Waals surface area contributed by atoms with Crippen molar-refractivity contribution >= 4 is 6.08 Å². The van der Waals surface area contributed by atoms with Gasteiger partial charge in [-0.2, -0.15) is 5.26 Å². The fraction of sp³-hybridized carbons (Fsp3) is 0.167. The molecule has 0 aromatic heterocycles. The molecule has 4 heteroatoms. The standard InChI is InChI=1S/C30H27N3O/c1-21(23-13-7-3-8-14-23)33-19-25(17-22-11-5-2-6-12-22)29-27(20-33)28(24-15-9-4-10-16-24)26(18-31)30(32)34-29/h2-17,21,28H,19-20,32H2,1H3/b25-17+/t21-,28?/m1/s1. The molecule has 0 amide bonds. The molecular weight excluding hydrogens is 418 g/mol. The monoisotopic (exact) mass is 445 g/mol. The van der Waals surface area contributed by atoms with Gasteiger partial charge in [0.15, 0.2) is 0 Å². The van der Waals surface area contributed by atoms with E-state index < -0.39 is 0 Å². The first-order chi connectivity index (χ1) is 16.7. The number of nitriles is 1. The number of ether oxygens (including phenoxy) is 1. The lowest BCUT2D eigenvalue weighted by Gasteiger charge is -2.40. The van der Waals surface area contributed by atoms with E-state index in [-0.39, 0.29) is 17.8 Å². The quantitative estimate of drug-likeness (QED) is 0.542. The molecule has 2 aliphatic rings. The van der Waals surface area contributed by atoms with Crippen molar-refractivity contribution in [2.24, 2.45) is 5.73 Å². The van der Waals surface area contributed by atoms with Crippen LogP contribution >= 0.6 is 0 Å². The molecule has 0 bridgehead atoms. The molecule has 0 spiro atoms. The third kappa shape index (κ3) is 4.14. The van der Waals surface area contributed by atoms with Gasteiger partial charge in [0.25, 0.3) is 0 Å². The molecule has 1 unspecified atom stereocenters. The third-order valence-electron chi connectivity index (χ3n) is 6.67. The molecule has 34 heavy (non-hydrogen) atoms. The van der Waals surface area contributed by atoms with Crippen LogP contribution in [0.15, 0.2) is 119 Å². The zero-order valence-corrected chi connectivity index (χ0v) is 19.2. The molecule has 0 aliphatic carbocycles. The second-order valence-electron chi connectivity index (χ2n) is 8.76. The van der Waals surface area contributed by atoms with Crippen LogP contribution in [-0.4, -0.2) is 18.0 Å². The first-order valence-corrected chi connectivity index (χ1v) is 11.6. The van der Waals surface area contributed by atoms with Crippen molar-refractivity contribution in [2.75, 3.05) is 13.1 Å². The summed E-state index contributed by atoms with van der Waals surface area (Å²) in [5.41, 5.74) is 12.3. The molecule has 2 atom stereocenters. The minimum Gasteiger partial charge on any atom is -0.440 e. The summed E-state index contributed by atoms with van der Waals surface area (Å²) in [6.07, 6.45) is 2.17. The van der Waals surface area contributed by atoms with Crippen LogP contribution in [0.25, 0.3) is 6.08 Å². The van der Waals surface area contributed by atoms with E-state index in [1.807, 2.05) is 42.5 Å². The van der Waals surface area contributed by atoms with Crippen molar-refractivity contribution in [3.8, 4) is 6.07 Å². The fourth-order valence-corrected chi connectivity index (χ4v) is 4.89. The van der Waals surface area contributed by atoms with Crippen LogP contribution in [0.4, 0.5) is 0 Å². The van der Waals surface area contributed by atoms with Gasteiger partial charge in [0.2, 0.25) is 5.88 Å². The van der Waals surface area contributed by atoms with E-state index in [0.717, 1.165) is 34.6 Å². The van der Waals surface area contributed by atoms with Crippen molar-refractivity contribution in [3.05, 3.63) is 136 Å². The summed E-state index contributed by atoms with van der Waals surface area (Å²) in [6.45, 7) is 3.65. The number of allylic oxidation sites excluding steroid dienone is 1. The molecule has 168 valence electrons. The van der Waals surface area contributed by atoms with E-state index in [4.69, 9.17) is 10.5 Å². The van der Waals surface area contributed by atoms with Crippen LogP contribution in [0.2, 0.25) is 0 Å². The smallest absolute Gasteiger partial charge is 0.205 e. The molecule has 2 N–H and O–H groups in total. The van der Waals surface area contributed by atoms with Gasteiger partial charge in [0.1, 0.15) is 17.4 Å². The average molecular weight is 446 g/mol. The Morgan fingerprint density at radius 2 is 1.56 bits per heavy atom. The normalized spacial score (nSPS) is 20.5. The Balaban J connectivity index is 1.65. The SMILES string of the molecule is C[C@H](c1ccccc1)N1CC2=C(OC(N)=C(C#N)C2c2ccccc2)/C(=C/c2ccccc2)C1. The Morgan fingerprint density at radius 3 is 2.21 bits per heavy atom. The van der Waals surface area contributed by atoms with Gasteiger partial charge >= 0.3 is 0 Å². The van der Waals surface area contributed by atoms with Crippen molar-refractivity contribution in [1.82, 2.24) is 4.90 Å². The lowest BCUT2D eigenvalue weighted by molar-refractivity contribution is 0.200. The molecule has 0 radical (unpaired) electrons. The zero-order valence-electron chi connectivity index (χ0n) is 19.2. The maximum absolute atomic E-state index is 10.0. The molecule has 2 aliphatic heterocycles. The van der Waals surface area contributed by atoms with E-state index in [1.54, 1.807) is 0 Å². The predicted molar refractivity (Wildman–Crippen MR) is 135 cm³/mol. The van der Waals surface area contributed by atoms with Crippen molar-refractivity contribution in [1.29, 1.82) is 5.26 Å². The highest BCUT2D eigenvalue weighted by Crippen LogP contribution is 2.45. The summed E-state index contributed by atoms with van der Waals surface area (Å²) < 4.78 is 6.18. The topological polar surface area (TPSA) is 62.3 Å². The van der Waals surface area contributed by atoms with Crippen molar-refractivity contribution in [2.45, 2.75) is 18.9 Å². The molecule has 2 heterocycles. The van der Waals surface area contributed by atoms with Gasteiger partial charge in [-0.25, -0.2) is 0 Å². The van der Waals surface area contributed by atoms with Crippen molar-refractivity contribution < 1.29 is 4.74 Å². The lowest BCUT2D eigenvalue weighted by Crippen LogP contribution is -2.39. The van der Waals surface area contributed by atoms with Crippen LogP contribution in [0.3, 0.4) is 0 Å². The molecular formula is C30H27N3O. The molecule has 0 saturated heterocycles. The molecule has 0 saturated carbocycles. The Hall–Kier alpha value is -4.07. The Morgan fingerprint density at radius 1 is 0.941 bits per heavy atom. The maximum atomic E-state index is 10.0. The van der Waals surface area contributed by atoms with E-state index >= 15 is 0 Å². The number of hydrogen-bond donors (Lipinski definition) is 1. The zero-order chi connectivity index (χ0) is 23.5. The molecule has 4 nitrogen and oxygen atoms in total. The largest absolute Gasteiger partial charge is 0.440 e. The second-order valence-corrected chi connectivity index (χ2v) is 8.76. The van der Waals surface area contributed by atoms with Crippen molar-refractivity contribution in [3.63, 3.8) is 0 Å². The van der Waals surface area contributed by atoms with Crippen LogP contribution < -0.4 is 5.73 Å². The maximum Gasteiger partial charge on any atom is 0.205 e. The summed E-state index contributed by atoms with van der Waals surface area (Å²) >= 11 is 0.